The number of benzene rings is 1. The Kier molecular flexibility index (Phi) is 5.64. The molecule has 1 aliphatic carbocycles. The van der Waals surface area contributed by atoms with Gasteiger partial charge in [0.05, 0.1) is 23.6 Å². The number of rotatable bonds is 3. The van der Waals surface area contributed by atoms with E-state index in [0.717, 1.165) is 41.2 Å². The van der Waals surface area contributed by atoms with Crippen molar-refractivity contribution in [1.82, 2.24) is 25.0 Å². The molecule has 0 radical (unpaired) electrons. The van der Waals surface area contributed by atoms with Crippen LogP contribution in [0.15, 0.2) is 30.5 Å². The normalized spacial score (nSPS) is 22.4. The summed E-state index contributed by atoms with van der Waals surface area (Å²) in [5.74, 6) is 1.65. The fraction of sp³-hybridized carbons (Fsp3) is 0.421. The molecule has 3 atom stereocenters. The molecule has 0 amide bonds. The van der Waals surface area contributed by atoms with Crippen LogP contribution in [0.2, 0.25) is 0 Å². The summed E-state index contributed by atoms with van der Waals surface area (Å²) in [6.45, 7) is 4.02. The van der Waals surface area contributed by atoms with Gasteiger partial charge in [0.25, 0.3) is 0 Å². The van der Waals surface area contributed by atoms with Crippen molar-refractivity contribution in [3.8, 4) is 17.1 Å². The van der Waals surface area contributed by atoms with E-state index in [0.29, 0.717) is 12.2 Å². The van der Waals surface area contributed by atoms with E-state index in [1.807, 2.05) is 23.7 Å². The van der Waals surface area contributed by atoms with Gasteiger partial charge in [-0.25, -0.2) is 9.67 Å². The maximum atomic E-state index is 10.3. The highest BCUT2D eigenvalue weighted by atomic mass is 35.5. The molecule has 1 fully saturated rings. The van der Waals surface area contributed by atoms with Gasteiger partial charge in [0.15, 0.2) is 5.82 Å². The minimum absolute atomic E-state index is 0. The van der Waals surface area contributed by atoms with Crippen molar-refractivity contribution in [2.75, 3.05) is 0 Å². The van der Waals surface area contributed by atoms with Gasteiger partial charge in [0.2, 0.25) is 0 Å². The third-order valence-corrected chi connectivity index (χ3v) is 5.18. The zero-order chi connectivity index (χ0) is 18.3. The van der Waals surface area contributed by atoms with Gasteiger partial charge in [-0.15, -0.1) is 17.5 Å². The van der Waals surface area contributed by atoms with E-state index in [9.17, 15) is 5.11 Å². The number of halogens is 1. The average molecular weight is 389 g/mol. The Labute approximate surface area is 164 Å². The molecule has 0 bridgehead atoms. The lowest BCUT2D eigenvalue weighted by atomic mass is 9.84. The van der Waals surface area contributed by atoms with Gasteiger partial charge in [-0.05, 0) is 50.8 Å². The molecule has 4 rings (SSSR count). The summed E-state index contributed by atoms with van der Waals surface area (Å²) in [6, 6.07) is 8.05. The number of H-pyrrole nitrogens is 1. The summed E-state index contributed by atoms with van der Waals surface area (Å²) < 4.78 is 1.91. The van der Waals surface area contributed by atoms with Crippen LogP contribution >= 0.6 is 12.4 Å². The smallest absolute Gasteiger partial charge is 0.185 e. The topological polar surface area (TPSA) is 106 Å². The number of nitrogens with one attached hydrogen (secondary N) is 1. The molecule has 8 heteroatoms. The number of aliphatic hydroxyl groups excluding tert-OH is 1. The van der Waals surface area contributed by atoms with Crippen molar-refractivity contribution >= 4 is 12.4 Å². The van der Waals surface area contributed by atoms with Gasteiger partial charge < -0.3 is 10.8 Å². The van der Waals surface area contributed by atoms with E-state index in [-0.39, 0.29) is 24.4 Å². The van der Waals surface area contributed by atoms with Crippen LogP contribution in [0.3, 0.4) is 0 Å². The molecule has 3 aromatic rings. The number of aromatic nitrogens is 5. The van der Waals surface area contributed by atoms with Crippen LogP contribution in [-0.2, 0) is 0 Å². The quantitative estimate of drug-likeness (QED) is 0.639. The first-order valence-corrected chi connectivity index (χ1v) is 9.01. The van der Waals surface area contributed by atoms with Crippen LogP contribution in [0.1, 0.15) is 42.3 Å². The first kappa shape index (κ1) is 19.5. The first-order valence-electron chi connectivity index (χ1n) is 9.01. The molecule has 1 aromatic carbocycles. The lowest BCUT2D eigenvalue weighted by molar-refractivity contribution is 0.0961. The van der Waals surface area contributed by atoms with Gasteiger partial charge in [-0.1, -0.05) is 12.1 Å². The summed E-state index contributed by atoms with van der Waals surface area (Å²) in [5, 5.41) is 22.1. The van der Waals surface area contributed by atoms with E-state index in [1.54, 1.807) is 6.20 Å². The van der Waals surface area contributed by atoms with Crippen molar-refractivity contribution in [2.24, 2.45) is 5.73 Å². The molecule has 2 heterocycles. The van der Waals surface area contributed by atoms with E-state index >= 15 is 0 Å². The predicted molar refractivity (Wildman–Crippen MR) is 106 cm³/mol. The van der Waals surface area contributed by atoms with Crippen molar-refractivity contribution < 1.29 is 5.11 Å². The number of hydrogen-bond acceptors (Lipinski definition) is 5. The molecule has 0 aliphatic heterocycles. The van der Waals surface area contributed by atoms with Gasteiger partial charge in [0.1, 0.15) is 5.82 Å². The number of aliphatic hydroxyl groups is 1. The maximum absolute atomic E-state index is 10.3. The number of nitrogens with zero attached hydrogens (tertiary/aromatic N) is 4. The van der Waals surface area contributed by atoms with E-state index in [2.05, 4.69) is 29.3 Å². The minimum atomic E-state index is -0.504. The monoisotopic (exact) mass is 388 g/mol. The summed E-state index contributed by atoms with van der Waals surface area (Å²) in [7, 11) is 0. The van der Waals surface area contributed by atoms with Gasteiger partial charge in [-0.3, -0.25) is 5.10 Å². The van der Waals surface area contributed by atoms with Crippen LogP contribution in [0.4, 0.5) is 0 Å². The molecular formula is C19H25ClN6O. The summed E-state index contributed by atoms with van der Waals surface area (Å²) in [6.07, 6.45) is 3.53. The zero-order valence-corrected chi connectivity index (χ0v) is 16.3. The van der Waals surface area contributed by atoms with Crippen molar-refractivity contribution in [3.05, 3.63) is 47.5 Å². The van der Waals surface area contributed by atoms with Crippen LogP contribution in [-0.4, -0.2) is 42.2 Å². The molecule has 1 aliphatic rings. The summed E-state index contributed by atoms with van der Waals surface area (Å²) >= 11 is 0. The molecule has 144 valence electrons. The predicted octanol–water partition coefficient (Wildman–Crippen LogP) is 2.65. The molecule has 4 N–H and O–H groups in total. The van der Waals surface area contributed by atoms with Gasteiger partial charge in [-0.2, -0.15) is 5.10 Å². The molecule has 1 saturated carbocycles. The molecular weight excluding hydrogens is 364 g/mol. The van der Waals surface area contributed by atoms with Crippen LogP contribution in [0.5, 0.6) is 0 Å². The highest BCUT2D eigenvalue weighted by Gasteiger charge is 2.31. The second kappa shape index (κ2) is 7.80. The molecule has 0 saturated heterocycles. The molecule has 2 aromatic heterocycles. The maximum Gasteiger partial charge on any atom is 0.185 e. The number of aromatic amines is 1. The van der Waals surface area contributed by atoms with Crippen molar-refractivity contribution in [2.45, 2.75) is 51.2 Å². The van der Waals surface area contributed by atoms with Crippen molar-refractivity contribution in [3.63, 3.8) is 0 Å². The number of hydrogen-bond donors (Lipinski definition) is 3. The minimum Gasteiger partial charge on any atom is -0.391 e. The SMILES string of the molecule is Cc1cccc(-n2nc(-c3cn[nH]c3C)nc2[C@H]2CC[C@@H](N)[C@H](O)C2)c1.Cl. The summed E-state index contributed by atoms with van der Waals surface area (Å²) in [4.78, 5) is 4.84. The standard InChI is InChI=1S/C19H24N6O.ClH/c1-11-4-3-5-14(8-11)25-19(13-6-7-16(20)17(26)9-13)22-18(24-25)15-10-21-23-12(15)2;/h3-5,8,10,13,16-17,26H,6-7,9,20H2,1-2H3,(H,21,23);1H/t13-,16+,17+;/m0./s1. The Bertz CT molecular complexity index is 921. The van der Waals surface area contributed by atoms with E-state index in [1.165, 1.54) is 0 Å². The number of nitrogens with two attached hydrogens (primary N) is 1. The highest BCUT2D eigenvalue weighted by molar-refractivity contribution is 5.85. The largest absolute Gasteiger partial charge is 0.391 e. The second-order valence-corrected chi connectivity index (χ2v) is 7.19. The van der Waals surface area contributed by atoms with E-state index < -0.39 is 6.10 Å². The lowest BCUT2D eigenvalue weighted by Crippen LogP contribution is -2.40. The van der Waals surface area contributed by atoms with Gasteiger partial charge >= 0.3 is 0 Å². The molecule has 0 spiro atoms. The van der Waals surface area contributed by atoms with E-state index in [4.69, 9.17) is 15.8 Å². The zero-order valence-electron chi connectivity index (χ0n) is 15.5. The third-order valence-electron chi connectivity index (χ3n) is 5.18. The lowest BCUT2D eigenvalue weighted by Gasteiger charge is -2.30. The second-order valence-electron chi connectivity index (χ2n) is 7.19. The van der Waals surface area contributed by atoms with Crippen LogP contribution in [0, 0.1) is 13.8 Å². The third kappa shape index (κ3) is 3.76. The Morgan fingerprint density at radius 2 is 2.07 bits per heavy atom. The number of aryl methyl sites for hydroxylation is 2. The fourth-order valence-corrected chi connectivity index (χ4v) is 3.63. The Morgan fingerprint density at radius 3 is 2.74 bits per heavy atom. The summed E-state index contributed by atoms with van der Waals surface area (Å²) in [5.41, 5.74) is 9.95. The van der Waals surface area contributed by atoms with Crippen LogP contribution < -0.4 is 5.73 Å². The molecule has 7 nitrogen and oxygen atoms in total. The van der Waals surface area contributed by atoms with Crippen LogP contribution in [0.25, 0.3) is 17.1 Å². The van der Waals surface area contributed by atoms with Gasteiger partial charge in [0, 0.05) is 17.7 Å². The molecule has 0 unspecified atom stereocenters. The first-order chi connectivity index (χ1) is 12.5. The Morgan fingerprint density at radius 1 is 1.26 bits per heavy atom. The fourth-order valence-electron chi connectivity index (χ4n) is 3.63. The Hall–Kier alpha value is -2.22. The highest BCUT2D eigenvalue weighted by Crippen LogP contribution is 2.34. The Balaban J connectivity index is 0.00000210. The van der Waals surface area contributed by atoms with Crippen molar-refractivity contribution in [1.29, 1.82) is 0 Å². The molecule has 27 heavy (non-hydrogen) atoms. The average Bonchev–Trinajstić information content (AvgIpc) is 3.23.